The van der Waals surface area contributed by atoms with Gasteiger partial charge in [0.1, 0.15) is 0 Å². The molecule has 30 heavy (non-hydrogen) atoms. The zero-order chi connectivity index (χ0) is 21.5. The van der Waals surface area contributed by atoms with Crippen LogP contribution in [0.4, 0.5) is 5.69 Å². The smallest absolute Gasteiger partial charge is 0.244 e. The third kappa shape index (κ3) is 6.19. The summed E-state index contributed by atoms with van der Waals surface area (Å²) in [5.41, 5.74) is 0.533. The van der Waals surface area contributed by atoms with Crippen LogP contribution < -0.4 is 5.32 Å². The molecular formula is C22H31ClN4O3. The molecule has 3 amide bonds. The average molecular weight is 435 g/mol. The van der Waals surface area contributed by atoms with Crippen molar-refractivity contribution in [3.05, 3.63) is 29.3 Å². The van der Waals surface area contributed by atoms with E-state index in [0.29, 0.717) is 10.7 Å². The Balaban J connectivity index is 1.40. The highest BCUT2D eigenvalue weighted by molar-refractivity contribution is 6.33. The van der Waals surface area contributed by atoms with Gasteiger partial charge in [-0.25, -0.2) is 0 Å². The Morgan fingerprint density at radius 1 is 1.07 bits per heavy atom. The van der Waals surface area contributed by atoms with E-state index in [4.69, 9.17) is 11.6 Å². The SMILES string of the molecule is CN(CC(=O)Nc1ccccc1Cl)C(=O)CN1CCC(C(=O)N2CCCCC2)CC1. The standard InChI is InChI=1S/C22H31ClN4O3/c1-25(15-20(28)24-19-8-4-3-7-18(19)23)21(29)16-26-13-9-17(10-14-26)22(30)27-11-5-2-6-12-27/h3-4,7-8,17H,2,5-6,9-16H2,1H3,(H,24,28). The molecule has 164 valence electrons. The second kappa shape index (κ2) is 10.8. The van der Waals surface area contributed by atoms with Crippen molar-refractivity contribution in [1.29, 1.82) is 0 Å². The molecule has 8 heteroatoms. The molecule has 2 fully saturated rings. The largest absolute Gasteiger partial charge is 0.342 e. The van der Waals surface area contributed by atoms with Crippen LogP contribution in [0.5, 0.6) is 0 Å². The fraction of sp³-hybridized carbons (Fsp3) is 0.591. The van der Waals surface area contributed by atoms with Gasteiger partial charge in [0, 0.05) is 26.1 Å². The number of para-hydroxylation sites is 1. The molecule has 7 nitrogen and oxygen atoms in total. The van der Waals surface area contributed by atoms with Gasteiger partial charge in [0.25, 0.3) is 0 Å². The van der Waals surface area contributed by atoms with Crippen molar-refractivity contribution in [2.24, 2.45) is 5.92 Å². The van der Waals surface area contributed by atoms with Crippen molar-refractivity contribution < 1.29 is 14.4 Å². The van der Waals surface area contributed by atoms with Gasteiger partial charge >= 0.3 is 0 Å². The van der Waals surface area contributed by atoms with Crippen molar-refractivity contribution in [3.8, 4) is 0 Å². The van der Waals surface area contributed by atoms with Crippen LogP contribution in [0.25, 0.3) is 0 Å². The molecule has 0 radical (unpaired) electrons. The Kier molecular flexibility index (Phi) is 8.10. The molecular weight excluding hydrogens is 404 g/mol. The van der Waals surface area contributed by atoms with Gasteiger partial charge in [0.05, 0.1) is 23.8 Å². The minimum absolute atomic E-state index is 0.0338. The molecule has 0 spiro atoms. The van der Waals surface area contributed by atoms with Crippen LogP contribution in [-0.2, 0) is 14.4 Å². The highest BCUT2D eigenvalue weighted by Crippen LogP contribution is 2.22. The number of carbonyl (C=O) groups is 3. The molecule has 1 N–H and O–H groups in total. The number of halogens is 1. The molecule has 1 aromatic rings. The van der Waals surface area contributed by atoms with E-state index < -0.39 is 0 Å². The molecule has 0 aromatic heterocycles. The summed E-state index contributed by atoms with van der Waals surface area (Å²) in [5.74, 6) is -0.0301. The Labute approximate surface area is 183 Å². The van der Waals surface area contributed by atoms with Gasteiger partial charge in [-0.05, 0) is 57.3 Å². The van der Waals surface area contributed by atoms with Gasteiger partial charge in [-0.1, -0.05) is 23.7 Å². The van der Waals surface area contributed by atoms with Crippen LogP contribution in [0.15, 0.2) is 24.3 Å². The maximum Gasteiger partial charge on any atom is 0.244 e. The summed E-state index contributed by atoms with van der Waals surface area (Å²) in [6.07, 6.45) is 5.01. The number of hydrogen-bond donors (Lipinski definition) is 1. The Morgan fingerprint density at radius 3 is 2.40 bits per heavy atom. The van der Waals surface area contributed by atoms with E-state index in [1.165, 1.54) is 11.3 Å². The third-order valence-corrected chi connectivity index (χ3v) is 6.25. The molecule has 2 saturated heterocycles. The second-order valence-electron chi connectivity index (χ2n) is 8.21. The fourth-order valence-electron chi connectivity index (χ4n) is 4.08. The number of benzene rings is 1. The van der Waals surface area contributed by atoms with Crippen molar-refractivity contribution >= 4 is 35.0 Å². The molecule has 2 heterocycles. The number of carbonyl (C=O) groups excluding carboxylic acids is 3. The lowest BCUT2D eigenvalue weighted by Crippen LogP contribution is -2.47. The first-order valence-corrected chi connectivity index (χ1v) is 11.1. The van der Waals surface area contributed by atoms with Crippen LogP contribution in [0.3, 0.4) is 0 Å². The lowest BCUT2D eigenvalue weighted by Gasteiger charge is -2.35. The maximum atomic E-state index is 12.7. The first-order chi connectivity index (χ1) is 14.4. The number of nitrogens with one attached hydrogen (secondary N) is 1. The fourth-order valence-corrected chi connectivity index (χ4v) is 4.26. The summed E-state index contributed by atoms with van der Waals surface area (Å²) >= 11 is 6.05. The molecule has 2 aliphatic heterocycles. The zero-order valence-corrected chi connectivity index (χ0v) is 18.4. The Hall–Kier alpha value is -2.12. The van der Waals surface area contributed by atoms with Gasteiger partial charge in [-0.3, -0.25) is 19.3 Å². The van der Waals surface area contributed by atoms with Gasteiger partial charge in [0.15, 0.2) is 0 Å². The number of anilines is 1. The van der Waals surface area contributed by atoms with Crippen LogP contribution in [0.2, 0.25) is 5.02 Å². The van der Waals surface area contributed by atoms with Gasteiger partial charge in [-0.2, -0.15) is 0 Å². The predicted molar refractivity (Wildman–Crippen MR) is 117 cm³/mol. The first-order valence-electron chi connectivity index (χ1n) is 10.7. The molecule has 0 atom stereocenters. The van der Waals surface area contributed by atoms with E-state index >= 15 is 0 Å². The monoisotopic (exact) mass is 434 g/mol. The number of piperidine rings is 2. The molecule has 0 aliphatic carbocycles. The number of likely N-dealkylation sites (N-methyl/N-ethyl adjacent to an activating group) is 1. The van der Waals surface area contributed by atoms with Gasteiger partial charge < -0.3 is 15.1 Å². The van der Waals surface area contributed by atoms with E-state index in [9.17, 15) is 14.4 Å². The van der Waals surface area contributed by atoms with Crippen LogP contribution >= 0.6 is 11.6 Å². The van der Waals surface area contributed by atoms with E-state index in [1.54, 1.807) is 31.3 Å². The van der Waals surface area contributed by atoms with E-state index in [2.05, 4.69) is 10.2 Å². The normalized spacial score (nSPS) is 18.1. The van der Waals surface area contributed by atoms with Crippen molar-refractivity contribution in [3.63, 3.8) is 0 Å². The molecule has 3 rings (SSSR count). The Morgan fingerprint density at radius 2 is 1.73 bits per heavy atom. The van der Waals surface area contributed by atoms with E-state index in [0.717, 1.165) is 51.9 Å². The molecule has 0 saturated carbocycles. The van der Waals surface area contributed by atoms with Crippen LogP contribution in [0.1, 0.15) is 32.1 Å². The molecule has 0 unspecified atom stereocenters. The first kappa shape index (κ1) is 22.6. The zero-order valence-electron chi connectivity index (χ0n) is 17.6. The number of likely N-dealkylation sites (tertiary alicyclic amines) is 2. The van der Waals surface area contributed by atoms with Crippen LogP contribution in [0, 0.1) is 5.92 Å². The maximum absolute atomic E-state index is 12.7. The molecule has 2 aliphatic rings. The van der Waals surface area contributed by atoms with Gasteiger partial charge in [0.2, 0.25) is 17.7 Å². The summed E-state index contributed by atoms with van der Waals surface area (Å²) in [4.78, 5) is 42.9. The minimum Gasteiger partial charge on any atom is -0.342 e. The average Bonchev–Trinajstić information content (AvgIpc) is 2.76. The molecule has 0 bridgehead atoms. The Bertz CT molecular complexity index is 759. The van der Waals surface area contributed by atoms with Crippen LogP contribution in [-0.4, -0.2) is 78.7 Å². The highest BCUT2D eigenvalue weighted by atomic mass is 35.5. The summed E-state index contributed by atoms with van der Waals surface area (Å²) in [6, 6.07) is 7.00. The summed E-state index contributed by atoms with van der Waals surface area (Å²) < 4.78 is 0. The quantitative estimate of drug-likeness (QED) is 0.746. The van der Waals surface area contributed by atoms with E-state index in [-0.39, 0.29) is 36.7 Å². The lowest BCUT2D eigenvalue weighted by atomic mass is 9.94. The third-order valence-electron chi connectivity index (χ3n) is 5.92. The number of amides is 3. The number of hydrogen-bond acceptors (Lipinski definition) is 4. The van der Waals surface area contributed by atoms with Crippen molar-refractivity contribution in [2.75, 3.05) is 51.6 Å². The molecule has 1 aromatic carbocycles. The minimum atomic E-state index is -0.287. The summed E-state index contributed by atoms with van der Waals surface area (Å²) in [7, 11) is 1.63. The topological polar surface area (TPSA) is 73.0 Å². The summed E-state index contributed by atoms with van der Waals surface area (Å²) in [6.45, 7) is 3.47. The van der Waals surface area contributed by atoms with E-state index in [1.807, 2.05) is 4.90 Å². The summed E-state index contributed by atoms with van der Waals surface area (Å²) in [5, 5.41) is 3.19. The highest BCUT2D eigenvalue weighted by Gasteiger charge is 2.30. The predicted octanol–water partition coefficient (Wildman–Crippen LogP) is 2.46. The second-order valence-corrected chi connectivity index (χ2v) is 8.62. The van der Waals surface area contributed by atoms with Crippen molar-refractivity contribution in [1.82, 2.24) is 14.7 Å². The van der Waals surface area contributed by atoms with Crippen molar-refractivity contribution in [2.45, 2.75) is 32.1 Å². The lowest BCUT2D eigenvalue weighted by molar-refractivity contribution is -0.138. The number of rotatable bonds is 6. The number of nitrogens with zero attached hydrogens (tertiary/aromatic N) is 3. The van der Waals surface area contributed by atoms with Gasteiger partial charge in [-0.15, -0.1) is 0 Å².